The Morgan fingerprint density at radius 3 is 2.59 bits per heavy atom. The lowest BCUT2D eigenvalue weighted by Crippen LogP contribution is -2.47. The molecule has 0 aromatic heterocycles. The molecule has 4 heteroatoms. The van der Waals surface area contributed by atoms with Gasteiger partial charge in [0.1, 0.15) is 5.54 Å². The maximum atomic E-state index is 11.5. The zero-order valence-electron chi connectivity index (χ0n) is 9.58. The van der Waals surface area contributed by atoms with Crippen LogP contribution in [0.25, 0.3) is 0 Å². The van der Waals surface area contributed by atoms with Gasteiger partial charge >= 0.3 is 5.97 Å². The Morgan fingerprint density at radius 1 is 1.29 bits per heavy atom. The van der Waals surface area contributed by atoms with Crippen LogP contribution in [-0.4, -0.2) is 16.6 Å². The van der Waals surface area contributed by atoms with E-state index in [0.29, 0.717) is 12.8 Å². The number of benzene rings is 1. The van der Waals surface area contributed by atoms with E-state index < -0.39 is 11.5 Å². The first kappa shape index (κ1) is 12.4. The molecule has 1 saturated carbocycles. The Labute approximate surface area is 109 Å². The number of carboxylic acids is 1. The molecule has 0 saturated heterocycles. The van der Waals surface area contributed by atoms with Crippen LogP contribution < -0.4 is 5.32 Å². The van der Waals surface area contributed by atoms with Gasteiger partial charge in [0.15, 0.2) is 0 Å². The van der Waals surface area contributed by atoms with Gasteiger partial charge in [-0.15, -0.1) is 0 Å². The fraction of sp³-hybridized carbons (Fsp3) is 0.462. The Hall–Kier alpha value is -1.03. The minimum atomic E-state index is -0.779. The molecule has 17 heavy (non-hydrogen) atoms. The standard InChI is InChI=1S/C13H16BrNO2/c14-10-5-4-6-11(9-10)15-13(12(16)17)7-2-1-3-8-13/h4-6,9,15H,1-3,7-8H2,(H,16,17). The second kappa shape index (κ2) is 5.08. The predicted molar refractivity (Wildman–Crippen MR) is 71.2 cm³/mol. The molecule has 92 valence electrons. The van der Waals surface area contributed by atoms with Crippen LogP contribution in [0.3, 0.4) is 0 Å². The van der Waals surface area contributed by atoms with E-state index in [-0.39, 0.29) is 0 Å². The maximum absolute atomic E-state index is 11.5. The number of carboxylic acid groups (broad SMARTS) is 1. The normalized spacial score (nSPS) is 18.6. The molecule has 0 amide bonds. The van der Waals surface area contributed by atoms with Crippen LogP contribution in [0.5, 0.6) is 0 Å². The van der Waals surface area contributed by atoms with Gasteiger partial charge in [0, 0.05) is 10.2 Å². The fourth-order valence-corrected chi connectivity index (χ4v) is 2.79. The number of carbonyl (C=O) groups is 1. The van der Waals surface area contributed by atoms with E-state index in [2.05, 4.69) is 21.2 Å². The Bertz CT molecular complexity index is 414. The molecule has 1 fully saturated rings. The fourth-order valence-electron chi connectivity index (χ4n) is 2.39. The molecule has 2 rings (SSSR count). The highest BCUT2D eigenvalue weighted by molar-refractivity contribution is 9.10. The van der Waals surface area contributed by atoms with Crippen LogP contribution in [0.4, 0.5) is 5.69 Å². The number of halogens is 1. The van der Waals surface area contributed by atoms with E-state index in [1.807, 2.05) is 24.3 Å². The van der Waals surface area contributed by atoms with Gasteiger partial charge in [-0.1, -0.05) is 41.3 Å². The highest BCUT2D eigenvalue weighted by atomic mass is 79.9. The quantitative estimate of drug-likeness (QED) is 0.895. The summed E-state index contributed by atoms with van der Waals surface area (Å²) in [5, 5.41) is 12.7. The van der Waals surface area contributed by atoms with Crippen molar-refractivity contribution in [1.29, 1.82) is 0 Å². The largest absolute Gasteiger partial charge is 0.480 e. The van der Waals surface area contributed by atoms with Crippen LogP contribution in [-0.2, 0) is 4.79 Å². The number of nitrogens with one attached hydrogen (secondary N) is 1. The summed E-state index contributed by atoms with van der Waals surface area (Å²) in [4.78, 5) is 11.5. The van der Waals surface area contributed by atoms with Gasteiger partial charge in [-0.3, -0.25) is 0 Å². The Kier molecular flexibility index (Phi) is 3.72. The van der Waals surface area contributed by atoms with Crippen molar-refractivity contribution >= 4 is 27.6 Å². The van der Waals surface area contributed by atoms with Gasteiger partial charge in [0.2, 0.25) is 0 Å². The maximum Gasteiger partial charge on any atom is 0.329 e. The lowest BCUT2D eigenvalue weighted by Gasteiger charge is -2.35. The number of aliphatic carboxylic acids is 1. The van der Waals surface area contributed by atoms with Gasteiger partial charge in [0.25, 0.3) is 0 Å². The molecule has 0 radical (unpaired) electrons. The van der Waals surface area contributed by atoms with Gasteiger partial charge in [-0.05, 0) is 31.0 Å². The minimum Gasteiger partial charge on any atom is -0.480 e. The third-order valence-electron chi connectivity index (χ3n) is 3.32. The molecule has 1 aromatic rings. The highest BCUT2D eigenvalue weighted by Gasteiger charge is 2.39. The van der Waals surface area contributed by atoms with Crippen molar-refractivity contribution < 1.29 is 9.90 Å². The van der Waals surface area contributed by atoms with Gasteiger partial charge in [-0.2, -0.15) is 0 Å². The zero-order chi connectivity index (χ0) is 12.3. The van der Waals surface area contributed by atoms with Crippen molar-refractivity contribution in [1.82, 2.24) is 0 Å². The smallest absolute Gasteiger partial charge is 0.329 e. The monoisotopic (exact) mass is 297 g/mol. The molecule has 1 aliphatic carbocycles. The van der Waals surface area contributed by atoms with E-state index in [0.717, 1.165) is 29.4 Å². The summed E-state index contributed by atoms with van der Waals surface area (Å²) in [5.74, 6) is -0.739. The van der Waals surface area contributed by atoms with E-state index in [9.17, 15) is 9.90 Å². The summed E-state index contributed by atoms with van der Waals surface area (Å²) < 4.78 is 0.957. The van der Waals surface area contributed by atoms with E-state index in [1.165, 1.54) is 0 Å². The van der Waals surface area contributed by atoms with E-state index in [4.69, 9.17) is 0 Å². The Morgan fingerprint density at radius 2 is 2.00 bits per heavy atom. The molecule has 0 heterocycles. The molecule has 0 unspecified atom stereocenters. The average molecular weight is 298 g/mol. The second-order valence-corrected chi connectivity index (χ2v) is 5.50. The van der Waals surface area contributed by atoms with Crippen molar-refractivity contribution in [3.05, 3.63) is 28.7 Å². The van der Waals surface area contributed by atoms with Gasteiger partial charge < -0.3 is 10.4 Å². The number of rotatable bonds is 3. The number of anilines is 1. The molecular weight excluding hydrogens is 282 g/mol. The van der Waals surface area contributed by atoms with Crippen LogP contribution in [0.2, 0.25) is 0 Å². The third kappa shape index (κ3) is 2.80. The topological polar surface area (TPSA) is 49.3 Å². The number of hydrogen-bond acceptors (Lipinski definition) is 2. The lowest BCUT2D eigenvalue weighted by atomic mass is 9.81. The van der Waals surface area contributed by atoms with Crippen molar-refractivity contribution in [2.75, 3.05) is 5.32 Å². The summed E-state index contributed by atoms with van der Waals surface area (Å²) in [6.45, 7) is 0. The van der Waals surface area contributed by atoms with Crippen LogP contribution in [0.15, 0.2) is 28.7 Å². The van der Waals surface area contributed by atoms with E-state index >= 15 is 0 Å². The highest BCUT2D eigenvalue weighted by Crippen LogP contribution is 2.32. The van der Waals surface area contributed by atoms with Crippen molar-refractivity contribution in [2.45, 2.75) is 37.6 Å². The van der Waals surface area contributed by atoms with Crippen molar-refractivity contribution in [3.8, 4) is 0 Å². The number of hydrogen-bond donors (Lipinski definition) is 2. The molecule has 1 aliphatic rings. The minimum absolute atomic E-state index is 0.703. The summed E-state index contributed by atoms with van der Waals surface area (Å²) in [7, 11) is 0. The summed E-state index contributed by atoms with van der Waals surface area (Å²) >= 11 is 3.39. The first-order chi connectivity index (χ1) is 8.12. The molecule has 1 aromatic carbocycles. The predicted octanol–water partition coefficient (Wildman–Crippen LogP) is 3.65. The van der Waals surface area contributed by atoms with Crippen LogP contribution in [0.1, 0.15) is 32.1 Å². The molecule has 0 spiro atoms. The summed E-state index contributed by atoms with van der Waals surface area (Å²) in [6, 6.07) is 7.66. The molecular formula is C13H16BrNO2. The third-order valence-corrected chi connectivity index (χ3v) is 3.82. The first-order valence-electron chi connectivity index (χ1n) is 5.90. The lowest BCUT2D eigenvalue weighted by molar-refractivity contribution is -0.143. The Balaban J connectivity index is 2.20. The molecule has 3 nitrogen and oxygen atoms in total. The van der Waals surface area contributed by atoms with Crippen molar-refractivity contribution in [3.63, 3.8) is 0 Å². The molecule has 2 N–H and O–H groups in total. The summed E-state index contributed by atoms with van der Waals surface area (Å²) in [5.41, 5.74) is 0.0858. The van der Waals surface area contributed by atoms with Crippen LogP contribution >= 0.6 is 15.9 Å². The molecule has 0 atom stereocenters. The molecule has 0 aliphatic heterocycles. The van der Waals surface area contributed by atoms with E-state index in [1.54, 1.807) is 0 Å². The van der Waals surface area contributed by atoms with Gasteiger partial charge in [0.05, 0.1) is 0 Å². The van der Waals surface area contributed by atoms with Crippen LogP contribution in [0, 0.1) is 0 Å². The molecule has 0 bridgehead atoms. The second-order valence-electron chi connectivity index (χ2n) is 4.58. The van der Waals surface area contributed by atoms with Crippen molar-refractivity contribution in [2.24, 2.45) is 0 Å². The van der Waals surface area contributed by atoms with Gasteiger partial charge in [-0.25, -0.2) is 4.79 Å². The SMILES string of the molecule is O=C(O)C1(Nc2cccc(Br)c2)CCCCC1. The first-order valence-corrected chi connectivity index (χ1v) is 6.69. The summed E-state index contributed by atoms with van der Waals surface area (Å²) in [6.07, 6.45) is 4.50. The average Bonchev–Trinajstić information content (AvgIpc) is 2.30. The zero-order valence-corrected chi connectivity index (χ0v) is 11.2.